The number of furan rings is 1. The summed E-state index contributed by atoms with van der Waals surface area (Å²) in [5.41, 5.74) is 5.55. The number of rotatable bonds is 2. The van der Waals surface area contributed by atoms with E-state index < -0.39 is 0 Å². The minimum Gasteiger partial charge on any atom is -0.501 e. The molecule has 0 aliphatic carbocycles. The summed E-state index contributed by atoms with van der Waals surface area (Å²) in [5.74, 6) is 0. The van der Waals surface area contributed by atoms with Crippen LogP contribution in [0.4, 0.5) is 0 Å². The van der Waals surface area contributed by atoms with Crippen LogP contribution in [0.5, 0.6) is 0 Å². The van der Waals surface area contributed by atoms with Crippen LogP contribution in [0, 0.1) is 12.1 Å². The predicted molar refractivity (Wildman–Crippen MR) is 124 cm³/mol. The molecule has 1 radical (unpaired) electrons. The van der Waals surface area contributed by atoms with Crippen molar-refractivity contribution in [3.63, 3.8) is 0 Å². The fraction of sp³-hybridized carbons (Fsp3) is 0. The Morgan fingerprint density at radius 2 is 1.31 bits per heavy atom. The monoisotopic (exact) mass is 591 g/mol. The molecule has 0 saturated heterocycles. The molecule has 0 aliphatic heterocycles. The summed E-state index contributed by atoms with van der Waals surface area (Å²) in [6, 6.07) is 37.9. The van der Waals surface area contributed by atoms with E-state index in [-0.39, 0.29) is 20.1 Å². The molecule has 0 atom stereocenters. The summed E-state index contributed by atoms with van der Waals surface area (Å²) in [7, 11) is 0. The first-order valence-electron chi connectivity index (χ1n) is 10.0. The zero-order valence-corrected chi connectivity index (χ0v) is 19.4. The number of hydrogen-bond acceptors (Lipinski definition) is 3. The Labute approximate surface area is 200 Å². The second-order valence-corrected chi connectivity index (χ2v) is 6.90. The third-order valence-electron chi connectivity index (χ3n) is 4.91. The SMILES string of the molecule is [Ir].[c-]1ccc2c(oc3ccccc32)c1-c1ccccn1.[c-]1ccccc1-c1ccccn1. The van der Waals surface area contributed by atoms with Gasteiger partial charge in [-0.15, -0.1) is 54.1 Å². The van der Waals surface area contributed by atoms with E-state index in [9.17, 15) is 0 Å². The van der Waals surface area contributed by atoms with Gasteiger partial charge in [-0.2, -0.15) is 0 Å². The molecule has 0 unspecified atom stereocenters. The number of pyridine rings is 2. The minimum absolute atomic E-state index is 0. The standard InChI is InChI=1S/C17H10NO.C11H8N.Ir/c1-2-10-16-12(6-1)13-7-5-8-14(17(13)19-16)15-9-3-4-11-18-15;1-2-6-10(7-3-1)11-8-4-5-9-12-11;/h1-7,9-11H;1-6,8-9H;/q2*-1;. The van der Waals surface area contributed by atoms with Crippen molar-refractivity contribution >= 4 is 21.9 Å². The zero-order valence-electron chi connectivity index (χ0n) is 17.0. The number of benzene rings is 3. The van der Waals surface area contributed by atoms with Gasteiger partial charge in [0, 0.05) is 37.9 Å². The maximum atomic E-state index is 5.97. The van der Waals surface area contributed by atoms with Crippen molar-refractivity contribution in [1.82, 2.24) is 9.97 Å². The summed E-state index contributed by atoms with van der Waals surface area (Å²) in [6.45, 7) is 0. The molecular weight excluding hydrogens is 573 g/mol. The van der Waals surface area contributed by atoms with Gasteiger partial charge in [-0.3, -0.25) is 0 Å². The van der Waals surface area contributed by atoms with Gasteiger partial charge < -0.3 is 14.4 Å². The van der Waals surface area contributed by atoms with Crippen molar-refractivity contribution in [2.45, 2.75) is 0 Å². The van der Waals surface area contributed by atoms with E-state index in [4.69, 9.17) is 4.42 Å². The number of aromatic nitrogens is 2. The first-order valence-corrected chi connectivity index (χ1v) is 10.0. The third kappa shape index (κ3) is 4.52. The first kappa shape index (κ1) is 21.6. The first-order chi connectivity index (χ1) is 15.4. The zero-order chi connectivity index (χ0) is 20.9. The molecule has 6 aromatic rings. The van der Waals surface area contributed by atoms with Gasteiger partial charge in [0.25, 0.3) is 0 Å². The number of hydrogen-bond donors (Lipinski definition) is 0. The Bertz CT molecular complexity index is 1380. The van der Waals surface area contributed by atoms with Gasteiger partial charge >= 0.3 is 0 Å². The summed E-state index contributed by atoms with van der Waals surface area (Å²) in [4.78, 5) is 8.60. The Morgan fingerprint density at radius 3 is 2.03 bits per heavy atom. The Morgan fingerprint density at radius 1 is 0.594 bits per heavy atom. The van der Waals surface area contributed by atoms with Crippen LogP contribution in [0.3, 0.4) is 0 Å². The molecule has 3 heterocycles. The van der Waals surface area contributed by atoms with Crippen molar-refractivity contribution in [1.29, 1.82) is 0 Å². The second-order valence-electron chi connectivity index (χ2n) is 6.90. The van der Waals surface area contributed by atoms with E-state index in [0.29, 0.717) is 0 Å². The smallest absolute Gasteiger partial charge is 0.120 e. The molecule has 0 aliphatic rings. The van der Waals surface area contributed by atoms with E-state index in [0.717, 1.165) is 44.5 Å². The molecule has 0 amide bonds. The van der Waals surface area contributed by atoms with Crippen molar-refractivity contribution in [2.75, 3.05) is 0 Å². The van der Waals surface area contributed by atoms with Crippen LogP contribution >= 0.6 is 0 Å². The van der Waals surface area contributed by atoms with Crippen LogP contribution in [-0.4, -0.2) is 9.97 Å². The van der Waals surface area contributed by atoms with Gasteiger partial charge in [0.1, 0.15) is 5.58 Å². The number of para-hydroxylation sites is 1. The number of nitrogens with zero attached hydrogens (tertiary/aromatic N) is 2. The van der Waals surface area contributed by atoms with E-state index >= 15 is 0 Å². The van der Waals surface area contributed by atoms with Crippen molar-refractivity contribution in [2.24, 2.45) is 0 Å². The number of fused-ring (bicyclic) bond motifs is 3. The van der Waals surface area contributed by atoms with Crippen LogP contribution in [0.2, 0.25) is 0 Å². The molecule has 0 spiro atoms. The fourth-order valence-corrected chi connectivity index (χ4v) is 3.47. The van der Waals surface area contributed by atoms with E-state index in [2.05, 4.69) is 28.2 Å². The molecule has 0 fully saturated rings. The molecular formula is C28H18IrN2O-2. The van der Waals surface area contributed by atoms with Crippen LogP contribution in [0.1, 0.15) is 0 Å². The van der Waals surface area contributed by atoms with Gasteiger partial charge in [-0.1, -0.05) is 53.4 Å². The van der Waals surface area contributed by atoms with E-state index in [1.54, 1.807) is 12.4 Å². The minimum atomic E-state index is 0. The molecule has 32 heavy (non-hydrogen) atoms. The van der Waals surface area contributed by atoms with E-state index in [1.807, 2.05) is 91.0 Å². The van der Waals surface area contributed by atoms with Crippen LogP contribution in [0.25, 0.3) is 44.5 Å². The van der Waals surface area contributed by atoms with Gasteiger partial charge in [-0.25, -0.2) is 0 Å². The van der Waals surface area contributed by atoms with Crippen LogP contribution in [0.15, 0.2) is 114 Å². The van der Waals surface area contributed by atoms with Crippen molar-refractivity contribution < 1.29 is 24.5 Å². The normalized spacial score (nSPS) is 10.2. The molecule has 4 heteroatoms. The summed E-state index contributed by atoms with van der Waals surface area (Å²) in [6.07, 6.45) is 3.57. The maximum Gasteiger partial charge on any atom is 0.120 e. The topological polar surface area (TPSA) is 38.9 Å². The molecule has 3 nitrogen and oxygen atoms in total. The van der Waals surface area contributed by atoms with E-state index in [1.165, 1.54) is 0 Å². The summed E-state index contributed by atoms with van der Waals surface area (Å²) >= 11 is 0. The Balaban J connectivity index is 0.000000164. The molecule has 0 saturated carbocycles. The molecule has 6 rings (SSSR count). The Kier molecular flexibility index (Phi) is 6.86. The average molecular weight is 591 g/mol. The second kappa shape index (κ2) is 10.1. The molecule has 157 valence electrons. The molecule has 3 aromatic carbocycles. The van der Waals surface area contributed by atoms with Gasteiger partial charge in [0.15, 0.2) is 0 Å². The van der Waals surface area contributed by atoms with Crippen molar-refractivity contribution in [3.05, 3.63) is 122 Å². The summed E-state index contributed by atoms with van der Waals surface area (Å²) in [5, 5.41) is 2.23. The fourth-order valence-electron chi connectivity index (χ4n) is 3.47. The quantitative estimate of drug-likeness (QED) is 0.204. The van der Waals surface area contributed by atoms with Gasteiger partial charge in [0.2, 0.25) is 0 Å². The van der Waals surface area contributed by atoms with Crippen LogP contribution in [-0.2, 0) is 20.1 Å². The predicted octanol–water partition coefficient (Wildman–Crippen LogP) is 6.99. The van der Waals surface area contributed by atoms with Crippen LogP contribution < -0.4 is 0 Å². The maximum absolute atomic E-state index is 5.97. The average Bonchev–Trinajstić information content (AvgIpc) is 3.25. The molecule has 0 N–H and O–H groups in total. The Hall–Kier alpha value is -3.59. The van der Waals surface area contributed by atoms with Gasteiger partial charge in [-0.05, 0) is 29.6 Å². The third-order valence-corrected chi connectivity index (χ3v) is 4.91. The van der Waals surface area contributed by atoms with Gasteiger partial charge in [0.05, 0.1) is 5.58 Å². The van der Waals surface area contributed by atoms with Crippen molar-refractivity contribution in [3.8, 4) is 22.5 Å². The summed E-state index contributed by atoms with van der Waals surface area (Å²) < 4.78 is 5.97. The molecule has 0 bridgehead atoms. The largest absolute Gasteiger partial charge is 0.501 e. The molecule has 3 aromatic heterocycles.